The predicted octanol–water partition coefficient (Wildman–Crippen LogP) is 2.66. The minimum Gasteiger partial charge on any atom is -0.362 e. The van der Waals surface area contributed by atoms with E-state index in [9.17, 15) is 14.5 Å². The van der Waals surface area contributed by atoms with Gasteiger partial charge in [-0.2, -0.15) is 0 Å². The number of nitrogens with zero attached hydrogens (tertiary/aromatic N) is 2. The molecule has 1 unspecified atom stereocenters. The van der Waals surface area contributed by atoms with Gasteiger partial charge in [-0.3, -0.25) is 10.1 Å². The predicted molar refractivity (Wildman–Crippen MR) is 79.8 cm³/mol. The zero-order valence-electron chi connectivity index (χ0n) is 10.3. The van der Waals surface area contributed by atoms with Crippen LogP contribution in [0.15, 0.2) is 12.1 Å². The first kappa shape index (κ1) is 14.4. The van der Waals surface area contributed by atoms with Gasteiger partial charge in [0.2, 0.25) is 0 Å². The lowest BCUT2D eigenvalue weighted by Crippen LogP contribution is -2.44. The highest BCUT2D eigenvalue weighted by Gasteiger charge is 2.28. The Balaban J connectivity index is 2.47. The van der Waals surface area contributed by atoms with Gasteiger partial charge >= 0.3 is 0 Å². The average molecular weight is 379 g/mol. The Bertz CT molecular complexity index is 498. The van der Waals surface area contributed by atoms with E-state index in [2.05, 4.69) is 0 Å². The molecule has 2 N–H and O–H groups in total. The molecule has 19 heavy (non-hydrogen) atoms. The summed E-state index contributed by atoms with van der Waals surface area (Å²) in [6.07, 6.45) is 2.89. The van der Waals surface area contributed by atoms with Crippen molar-refractivity contribution in [3.8, 4) is 0 Å². The highest BCUT2D eigenvalue weighted by atomic mass is 127. The summed E-state index contributed by atoms with van der Waals surface area (Å²) in [5.74, 6) is -0.428. The van der Waals surface area contributed by atoms with Crippen molar-refractivity contribution in [1.82, 2.24) is 0 Å². The lowest BCUT2D eigenvalue weighted by atomic mass is 10.0. The van der Waals surface area contributed by atoms with E-state index in [0.29, 0.717) is 18.8 Å². The minimum atomic E-state index is -0.459. The Kier molecular flexibility index (Phi) is 4.56. The van der Waals surface area contributed by atoms with Gasteiger partial charge in [0.15, 0.2) is 0 Å². The molecule has 0 amide bonds. The van der Waals surface area contributed by atoms with Crippen LogP contribution in [0, 0.1) is 19.5 Å². The first-order chi connectivity index (χ1) is 9.04. The van der Waals surface area contributed by atoms with Crippen molar-refractivity contribution in [3.63, 3.8) is 0 Å². The maximum atomic E-state index is 13.7. The smallest absolute Gasteiger partial charge is 0.293 e. The Morgan fingerprint density at radius 1 is 1.53 bits per heavy atom. The first-order valence-corrected chi connectivity index (χ1v) is 7.22. The van der Waals surface area contributed by atoms with Gasteiger partial charge in [0.1, 0.15) is 11.5 Å². The second-order valence-electron chi connectivity index (χ2n) is 4.59. The van der Waals surface area contributed by atoms with Crippen LogP contribution in [0.3, 0.4) is 0 Å². The fraction of sp³-hybridized carbons (Fsp3) is 0.500. The number of hydrogen-bond donors (Lipinski definition) is 1. The van der Waals surface area contributed by atoms with Crippen molar-refractivity contribution in [2.24, 2.45) is 5.73 Å². The molecule has 0 radical (unpaired) electrons. The number of piperidine rings is 1. The van der Waals surface area contributed by atoms with E-state index in [4.69, 9.17) is 5.73 Å². The van der Waals surface area contributed by atoms with Crippen molar-refractivity contribution >= 4 is 34.0 Å². The number of halogens is 2. The summed E-state index contributed by atoms with van der Waals surface area (Å²) in [6.45, 7) is 1.10. The van der Waals surface area contributed by atoms with Crippen molar-refractivity contribution in [2.45, 2.75) is 25.3 Å². The number of nitrogens with two attached hydrogens (primary N) is 1. The second kappa shape index (κ2) is 6.00. The summed E-state index contributed by atoms with van der Waals surface area (Å²) in [5, 5.41) is 11.1. The molecule has 104 valence electrons. The molecule has 1 heterocycles. The van der Waals surface area contributed by atoms with Crippen molar-refractivity contribution in [1.29, 1.82) is 0 Å². The molecule has 7 heteroatoms. The summed E-state index contributed by atoms with van der Waals surface area (Å²) < 4.78 is 14.0. The number of nitro groups is 1. The molecule has 1 aliphatic heterocycles. The van der Waals surface area contributed by atoms with Crippen molar-refractivity contribution in [3.05, 3.63) is 31.6 Å². The number of rotatable bonds is 3. The lowest BCUT2D eigenvalue weighted by Gasteiger charge is -2.36. The van der Waals surface area contributed by atoms with Gasteiger partial charge in [0.05, 0.1) is 8.49 Å². The second-order valence-corrected chi connectivity index (χ2v) is 5.75. The topological polar surface area (TPSA) is 72.4 Å². The zero-order valence-corrected chi connectivity index (χ0v) is 12.5. The number of hydrogen-bond acceptors (Lipinski definition) is 4. The maximum Gasteiger partial charge on any atom is 0.293 e. The molecule has 1 aromatic carbocycles. The van der Waals surface area contributed by atoms with Crippen LogP contribution in [0.2, 0.25) is 0 Å². The number of anilines is 1. The summed E-state index contributed by atoms with van der Waals surface area (Å²) in [6, 6.07) is 2.59. The largest absolute Gasteiger partial charge is 0.362 e. The Morgan fingerprint density at radius 2 is 2.26 bits per heavy atom. The molecule has 0 bridgehead atoms. The molecular formula is C12H15FIN3O2. The van der Waals surface area contributed by atoms with Crippen molar-refractivity contribution < 1.29 is 9.31 Å². The maximum absolute atomic E-state index is 13.7. The molecule has 1 saturated heterocycles. The molecule has 2 rings (SSSR count). The molecule has 0 aliphatic carbocycles. The summed E-state index contributed by atoms with van der Waals surface area (Å²) in [5.41, 5.74) is 6.01. The van der Waals surface area contributed by atoms with Crippen LogP contribution >= 0.6 is 22.6 Å². The first-order valence-electron chi connectivity index (χ1n) is 6.14. The van der Waals surface area contributed by atoms with Gasteiger partial charge in [-0.15, -0.1) is 0 Å². The fourth-order valence-corrected chi connectivity index (χ4v) is 2.92. The number of benzene rings is 1. The molecule has 5 nitrogen and oxygen atoms in total. The van der Waals surface area contributed by atoms with Crippen LogP contribution in [-0.4, -0.2) is 24.1 Å². The molecule has 1 fully saturated rings. The third-order valence-corrected chi connectivity index (χ3v) is 4.25. The molecule has 0 aromatic heterocycles. The highest BCUT2D eigenvalue weighted by Crippen LogP contribution is 2.35. The van der Waals surface area contributed by atoms with Gasteiger partial charge in [0.25, 0.3) is 5.69 Å². The Labute approximate surface area is 124 Å². The van der Waals surface area contributed by atoms with Gasteiger partial charge in [-0.1, -0.05) is 0 Å². The molecule has 1 aromatic rings. The van der Waals surface area contributed by atoms with E-state index in [1.807, 2.05) is 4.90 Å². The van der Waals surface area contributed by atoms with E-state index in [0.717, 1.165) is 19.3 Å². The lowest BCUT2D eigenvalue weighted by molar-refractivity contribution is -0.384. The SMILES string of the molecule is NCC1CCCCN1c1cc(F)c(I)cc1[N+](=O)[O-]. The van der Waals surface area contributed by atoms with Gasteiger partial charge in [0, 0.05) is 31.3 Å². The quantitative estimate of drug-likeness (QED) is 0.498. The molecule has 0 saturated carbocycles. The highest BCUT2D eigenvalue weighted by molar-refractivity contribution is 14.1. The zero-order chi connectivity index (χ0) is 14.0. The van der Waals surface area contributed by atoms with Crippen LogP contribution in [0.1, 0.15) is 19.3 Å². The van der Waals surface area contributed by atoms with Crippen molar-refractivity contribution in [2.75, 3.05) is 18.0 Å². The average Bonchev–Trinajstić information content (AvgIpc) is 2.41. The Hall–Kier alpha value is -0.960. The Morgan fingerprint density at radius 3 is 2.89 bits per heavy atom. The van der Waals surface area contributed by atoms with Crippen LogP contribution in [0.4, 0.5) is 15.8 Å². The molecule has 1 aliphatic rings. The van der Waals surface area contributed by atoms with Crippen LogP contribution in [0.25, 0.3) is 0 Å². The van der Waals surface area contributed by atoms with Crippen LogP contribution in [-0.2, 0) is 0 Å². The number of nitro benzene ring substituents is 1. The third-order valence-electron chi connectivity index (χ3n) is 3.42. The third kappa shape index (κ3) is 2.97. The van der Waals surface area contributed by atoms with Gasteiger partial charge < -0.3 is 10.6 Å². The van der Waals surface area contributed by atoms with E-state index < -0.39 is 10.7 Å². The van der Waals surface area contributed by atoms with Gasteiger partial charge in [-0.05, 0) is 41.9 Å². The van der Waals surface area contributed by atoms with Crippen LogP contribution in [0.5, 0.6) is 0 Å². The summed E-state index contributed by atoms with van der Waals surface area (Å²) in [4.78, 5) is 12.6. The monoisotopic (exact) mass is 379 g/mol. The standard InChI is InChI=1S/C12H15FIN3O2/c13-9-5-11(12(17(18)19)6-10(9)14)16-4-2-1-3-8(16)7-15/h5-6,8H,1-4,7,15H2. The fourth-order valence-electron chi connectivity index (χ4n) is 2.46. The van der Waals surface area contributed by atoms with E-state index in [-0.39, 0.29) is 15.3 Å². The summed E-state index contributed by atoms with van der Waals surface area (Å²) >= 11 is 1.76. The minimum absolute atomic E-state index is 0.0481. The van der Waals surface area contributed by atoms with E-state index in [1.54, 1.807) is 22.6 Å². The molecular weight excluding hydrogens is 364 g/mol. The normalized spacial score (nSPS) is 19.5. The van der Waals surface area contributed by atoms with E-state index >= 15 is 0 Å². The molecule has 1 atom stereocenters. The van der Waals surface area contributed by atoms with Gasteiger partial charge in [-0.25, -0.2) is 4.39 Å². The summed E-state index contributed by atoms with van der Waals surface area (Å²) in [7, 11) is 0. The van der Waals surface area contributed by atoms with Crippen LogP contribution < -0.4 is 10.6 Å². The van der Waals surface area contributed by atoms with E-state index in [1.165, 1.54) is 12.1 Å². The molecule has 0 spiro atoms.